The highest BCUT2D eigenvalue weighted by Crippen LogP contribution is 2.53. The van der Waals surface area contributed by atoms with E-state index in [1.54, 1.807) is 12.2 Å². The molecule has 20 nitrogen and oxygen atoms in total. The molecule has 2 aliphatic heterocycles. The molecule has 2 atom stereocenters. The van der Waals surface area contributed by atoms with Crippen LogP contribution in [0.25, 0.3) is 0 Å². The summed E-state index contributed by atoms with van der Waals surface area (Å²) in [4.78, 5) is 98.5. The van der Waals surface area contributed by atoms with Crippen molar-refractivity contribution in [3.8, 4) is 0 Å². The number of rotatable bonds is 34. The Morgan fingerprint density at radius 1 is 0.521 bits per heavy atom. The fourth-order valence-electron chi connectivity index (χ4n) is 11.7. The second-order valence-corrected chi connectivity index (χ2v) is 23.9. The molecule has 4 aliphatic carbocycles. The lowest BCUT2D eigenvalue weighted by atomic mass is 9.79. The van der Waals surface area contributed by atoms with Crippen LogP contribution in [0.1, 0.15) is 99.3 Å². The normalized spacial score (nSPS) is 19.0. The van der Waals surface area contributed by atoms with Gasteiger partial charge in [0.1, 0.15) is 13.2 Å². The van der Waals surface area contributed by atoms with Gasteiger partial charge >= 0.3 is 48.2 Å². The number of nitrogens with zero attached hydrogens (tertiary/aromatic N) is 2. The van der Waals surface area contributed by atoms with E-state index < -0.39 is 139 Å². The summed E-state index contributed by atoms with van der Waals surface area (Å²) in [5.74, 6) is -8.96. The monoisotopic (exact) mass is 1360 g/mol. The minimum Gasteiger partial charge on any atom is -0.466 e. The first-order valence-electron chi connectivity index (χ1n) is 30.8. The minimum atomic E-state index is -5.04. The molecule has 4 fully saturated rings. The third-order valence-electron chi connectivity index (χ3n) is 16.7. The number of halogens is 8. The SMILES string of the molecule is COC(=O)C1=C(C)N(OC(=O)/C=C/C(=O)ON2C(C)=C(C(=O)OC)[C@H](c3cccc(C(F)(F)F)c3Cl)C(C(=O)OC/C=C/C(C3CC3)C3CC3)=C2COCCOCCN)C(COCCOCCN)=C(C(=O)OC/C=C/C(C2CC2)C2CC2)[C@H]1c1cccc(C(F)(F)F)c1Cl. The van der Waals surface area contributed by atoms with Crippen LogP contribution in [0.4, 0.5) is 26.3 Å². The Morgan fingerprint density at radius 3 is 1.17 bits per heavy atom. The van der Waals surface area contributed by atoms with Crippen molar-refractivity contribution >= 4 is 59.0 Å². The van der Waals surface area contributed by atoms with Gasteiger partial charge in [-0.2, -0.15) is 36.5 Å². The van der Waals surface area contributed by atoms with Gasteiger partial charge in [0.05, 0.1) is 145 Å². The van der Waals surface area contributed by atoms with Crippen molar-refractivity contribution in [3.05, 3.63) is 150 Å². The molecule has 94 heavy (non-hydrogen) atoms. The fraction of sp³-hybridized carbons (Fsp3) is 0.515. The van der Waals surface area contributed by atoms with Crippen LogP contribution in [0.3, 0.4) is 0 Å². The molecule has 4 N–H and O–H groups in total. The smallest absolute Gasteiger partial charge is 0.417 e. The average molecular weight is 1370 g/mol. The van der Waals surface area contributed by atoms with Crippen LogP contribution in [0.2, 0.25) is 10.0 Å². The van der Waals surface area contributed by atoms with Crippen LogP contribution in [-0.2, 0) is 88.7 Å². The number of allylic oxidation sites excluding steroid dienone is 4. The molecule has 4 saturated carbocycles. The first kappa shape index (κ1) is 72.8. The van der Waals surface area contributed by atoms with E-state index in [-0.39, 0.29) is 89.2 Å². The number of hydroxylamine groups is 4. The molecule has 0 saturated heterocycles. The predicted octanol–water partition coefficient (Wildman–Crippen LogP) is 10.5. The van der Waals surface area contributed by atoms with Gasteiger partial charge in [-0.15, -0.1) is 0 Å². The summed E-state index contributed by atoms with van der Waals surface area (Å²) in [6, 6.07) is 5.79. The molecule has 2 aromatic rings. The Kier molecular flexibility index (Phi) is 25.6. The number of benzene rings is 2. The standard InChI is InChI=1S/C66H76Cl2F6N4O16/c1-37-53(61(81)85-3)55(45-9-5-13-47(59(45)67)65(69,70)71)57(63(83)91-27-7-11-43(39-15-16-39)40-17-18-40)49(35-89-33-31-87-29-25-75)77(37)93-51(79)23-24-52(80)94-78-38(2)54(62(82)86-4)56(46-10-6-14-48(60(46)68)66(72,73)74)58(50(78)36-90-34-32-88-30-26-76)64(84)92-28-8-12-44(41-19-20-41)42-21-22-42/h5-14,23-24,39-44,55-56H,15-22,25-36,75-76H2,1-4H3/b11-7+,12-8+,24-23+/t55-,56-/m0/s1. The zero-order chi connectivity index (χ0) is 68.0. The van der Waals surface area contributed by atoms with Gasteiger partial charge in [-0.3, -0.25) is 0 Å². The highest BCUT2D eigenvalue weighted by molar-refractivity contribution is 6.33. The maximum absolute atomic E-state index is 14.9. The first-order valence-corrected chi connectivity index (χ1v) is 31.6. The van der Waals surface area contributed by atoms with Crippen molar-refractivity contribution in [3.63, 3.8) is 0 Å². The molecule has 0 spiro atoms. The van der Waals surface area contributed by atoms with E-state index in [2.05, 4.69) is 0 Å². The summed E-state index contributed by atoms with van der Waals surface area (Å²) >= 11 is 13.2. The van der Waals surface area contributed by atoms with Gasteiger partial charge in [0.15, 0.2) is 0 Å². The number of carbonyl (C=O) groups excluding carboxylic acids is 6. The summed E-state index contributed by atoms with van der Waals surface area (Å²) in [5.41, 5.74) is 4.04. The van der Waals surface area contributed by atoms with E-state index >= 15 is 0 Å². The van der Waals surface area contributed by atoms with Crippen LogP contribution in [0.5, 0.6) is 0 Å². The molecule has 6 aliphatic rings. The number of ether oxygens (including phenoxy) is 8. The molecular weight excluding hydrogens is 1290 g/mol. The highest BCUT2D eigenvalue weighted by Gasteiger charge is 2.49. The maximum atomic E-state index is 14.9. The summed E-state index contributed by atoms with van der Waals surface area (Å²) < 4.78 is 133. The molecule has 2 heterocycles. The number of hydrogen-bond donors (Lipinski definition) is 2. The Labute approximate surface area is 549 Å². The average Bonchev–Trinajstić information content (AvgIpc) is 1.06. The van der Waals surface area contributed by atoms with Gasteiger partial charge < -0.3 is 59.0 Å². The van der Waals surface area contributed by atoms with Crippen LogP contribution in [0, 0.1) is 35.5 Å². The van der Waals surface area contributed by atoms with Gasteiger partial charge in [0.25, 0.3) is 0 Å². The fourth-order valence-corrected chi connectivity index (χ4v) is 12.4. The van der Waals surface area contributed by atoms with Crippen LogP contribution in [0.15, 0.2) is 118 Å². The predicted molar refractivity (Wildman–Crippen MR) is 326 cm³/mol. The lowest BCUT2D eigenvalue weighted by Crippen LogP contribution is -2.39. The van der Waals surface area contributed by atoms with E-state index in [0.29, 0.717) is 58.1 Å². The maximum Gasteiger partial charge on any atom is 0.417 e. The van der Waals surface area contributed by atoms with Crippen LogP contribution < -0.4 is 11.5 Å². The number of methoxy groups -OCH3 is 2. The van der Waals surface area contributed by atoms with Crippen molar-refractivity contribution in [2.75, 3.05) is 93.4 Å². The zero-order valence-electron chi connectivity index (χ0n) is 52.3. The molecule has 0 radical (unpaired) electrons. The van der Waals surface area contributed by atoms with E-state index in [1.165, 1.54) is 26.0 Å². The second-order valence-electron chi connectivity index (χ2n) is 23.2. The van der Waals surface area contributed by atoms with Crippen molar-refractivity contribution in [1.82, 2.24) is 10.1 Å². The molecular formula is C66H76Cl2F6N4O16. The quantitative estimate of drug-likeness (QED) is 0.0165. The Bertz CT molecular complexity index is 3110. The van der Waals surface area contributed by atoms with E-state index in [0.717, 1.165) is 77.7 Å². The lowest BCUT2D eigenvalue weighted by Gasteiger charge is -2.37. The molecule has 0 amide bonds. The molecule has 0 unspecified atom stereocenters. The topological polar surface area (TPSA) is 253 Å². The Morgan fingerprint density at radius 2 is 0.862 bits per heavy atom. The van der Waals surface area contributed by atoms with Gasteiger partial charge in [0, 0.05) is 25.2 Å². The Balaban J connectivity index is 1.19. The molecule has 0 bridgehead atoms. The molecule has 8 rings (SSSR count). The number of hydrogen-bond acceptors (Lipinski definition) is 20. The molecule has 512 valence electrons. The highest BCUT2D eigenvalue weighted by atomic mass is 35.5. The summed E-state index contributed by atoms with van der Waals surface area (Å²) in [5, 5.41) is -0.417. The van der Waals surface area contributed by atoms with E-state index in [4.69, 9.17) is 82.2 Å². The zero-order valence-corrected chi connectivity index (χ0v) is 53.8. The lowest BCUT2D eigenvalue weighted by molar-refractivity contribution is -0.173. The van der Waals surface area contributed by atoms with Crippen molar-refractivity contribution in [2.24, 2.45) is 47.0 Å². The Hall–Kier alpha value is -7.04. The van der Waals surface area contributed by atoms with Gasteiger partial charge in [-0.25, -0.2) is 28.8 Å². The third-order valence-corrected chi connectivity index (χ3v) is 17.5. The summed E-state index contributed by atoms with van der Waals surface area (Å²) in [6.07, 6.45) is 6.59. The number of nitrogens with two attached hydrogens (primary N) is 2. The van der Waals surface area contributed by atoms with Crippen molar-refractivity contribution in [2.45, 2.75) is 89.4 Å². The van der Waals surface area contributed by atoms with E-state index in [1.807, 2.05) is 12.2 Å². The van der Waals surface area contributed by atoms with Crippen LogP contribution in [-0.4, -0.2) is 139 Å². The summed E-state index contributed by atoms with van der Waals surface area (Å²) in [6.45, 7) is 0.386. The largest absolute Gasteiger partial charge is 0.466 e. The summed E-state index contributed by atoms with van der Waals surface area (Å²) in [7, 11) is 1.92. The van der Waals surface area contributed by atoms with Crippen molar-refractivity contribution < 1.29 is 103 Å². The second kappa shape index (κ2) is 33.1. The number of esters is 4. The van der Waals surface area contributed by atoms with Crippen molar-refractivity contribution in [1.29, 1.82) is 0 Å². The molecule has 28 heteroatoms. The number of carbonyl (C=O) groups is 6. The molecule has 0 aromatic heterocycles. The van der Waals surface area contributed by atoms with Gasteiger partial charge in [-0.1, -0.05) is 71.8 Å². The van der Waals surface area contributed by atoms with Crippen LogP contribution >= 0.6 is 23.2 Å². The van der Waals surface area contributed by atoms with Gasteiger partial charge in [0.2, 0.25) is 0 Å². The van der Waals surface area contributed by atoms with Gasteiger partial charge in [-0.05, 0) is 124 Å². The minimum absolute atomic E-state index is 0.0618. The third kappa shape index (κ3) is 18.5. The van der Waals surface area contributed by atoms with E-state index in [9.17, 15) is 55.1 Å². The first-order chi connectivity index (χ1) is 45.0. The number of alkyl halides is 6. The molecule has 2 aromatic carbocycles.